The summed E-state index contributed by atoms with van der Waals surface area (Å²) in [6, 6.07) is 3.99. The number of hydrazine groups is 1. The molecule has 0 aliphatic carbocycles. The first-order chi connectivity index (χ1) is 16.6. The van der Waals surface area contributed by atoms with Crippen molar-refractivity contribution in [3.05, 3.63) is 102 Å². The number of benzene rings is 1. The molecule has 0 bridgehead atoms. The van der Waals surface area contributed by atoms with Gasteiger partial charge in [-0.05, 0) is 30.3 Å². The minimum absolute atomic E-state index is 0.290. The van der Waals surface area contributed by atoms with Crippen LogP contribution in [-0.4, -0.2) is 28.0 Å². The van der Waals surface area contributed by atoms with Gasteiger partial charge < -0.3 is 10.9 Å². The summed E-state index contributed by atoms with van der Waals surface area (Å²) in [6.45, 7) is 10.1. The lowest BCUT2D eigenvalue weighted by atomic mass is 9.84. The van der Waals surface area contributed by atoms with Crippen LogP contribution in [0.25, 0.3) is 0 Å². The van der Waals surface area contributed by atoms with Crippen LogP contribution >= 0.6 is 0 Å². The molecule has 5 N–H and O–H groups in total. The number of pyridine rings is 1. The largest absolute Gasteiger partial charge is 0.377 e. The molecule has 0 aliphatic rings. The quantitative estimate of drug-likeness (QED) is 0.0986. The van der Waals surface area contributed by atoms with Gasteiger partial charge in [0.05, 0.1) is 6.54 Å². The van der Waals surface area contributed by atoms with Crippen LogP contribution in [0, 0.1) is 23.5 Å². The van der Waals surface area contributed by atoms with E-state index in [4.69, 9.17) is 11.7 Å². The molecule has 2 aromatic rings. The van der Waals surface area contributed by atoms with Crippen LogP contribution in [0.5, 0.6) is 0 Å². The molecule has 0 fully saturated rings. The Morgan fingerprint density at radius 3 is 2.43 bits per heavy atom. The van der Waals surface area contributed by atoms with E-state index >= 15 is 8.78 Å². The van der Waals surface area contributed by atoms with Crippen molar-refractivity contribution >= 4 is 6.34 Å². The van der Waals surface area contributed by atoms with Gasteiger partial charge in [0.15, 0.2) is 5.60 Å². The average Bonchev–Trinajstić information content (AvgIpc) is 2.83. The third-order valence-electron chi connectivity index (χ3n) is 4.48. The zero-order valence-electron chi connectivity index (χ0n) is 19.4. The third-order valence-corrected chi connectivity index (χ3v) is 4.48. The van der Waals surface area contributed by atoms with E-state index in [-0.39, 0.29) is 0 Å². The summed E-state index contributed by atoms with van der Waals surface area (Å²) in [6.07, 6.45) is 6.43. The standard InChI is InChI=1S/C23H21F4N5O.C2H6/c1-3-5-16(4-2)6-7-17-8-11-21(30-13-17)23(26,27)22(33,14-32(29)15-31-28)19-10-9-18(24)12-20(19)25;1-2/h3-5,8-13,15,33H,1-2,14,28-29H2;1-2H3/b16-5+,31-15-;. The highest BCUT2D eigenvalue weighted by Gasteiger charge is 2.58. The molecule has 0 radical (unpaired) electrons. The summed E-state index contributed by atoms with van der Waals surface area (Å²) in [4.78, 5) is 3.70. The Kier molecular flexibility index (Phi) is 10.9. The first-order valence-corrected chi connectivity index (χ1v) is 10.3. The van der Waals surface area contributed by atoms with E-state index < -0.39 is 41.0 Å². The van der Waals surface area contributed by atoms with Gasteiger partial charge in [0.1, 0.15) is 23.7 Å². The Morgan fingerprint density at radius 1 is 1.23 bits per heavy atom. The number of hydrogen-bond donors (Lipinski definition) is 3. The second kappa shape index (κ2) is 13.1. The summed E-state index contributed by atoms with van der Waals surface area (Å²) < 4.78 is 59.0. The lowest BCUT2D eigenvalue weighted by Crippen LogP contribution is -2.53. The average molecular weight is 490 g/mol. The molecule has 0 amide bonds. The SMILES string of the molecule is C=C/C=C(/C#Cc1ccc(C(F)(F)C(O)(CN(N)/C=N\N)c2ccc(F)cc2F)nc1)C=C.CC. The predicted molar refractivity (Wildman–Crippen MR) is 129 cm³/mol. The lowest BCUT2D eigenvalue weighted by molar-refractivity contribution is -0.203. The Balaban J connectivity index is 0.00000298. The summed E-state index contributed by atoms with van der Waals surface area (Å²) in [5.74, 6) is 9.40. The van der Waals surface area contributed by atoms with Gasteiger partial charge in [-0.2, -0.15) is 13.9 Å². The van der Waals surface area contributed by atoms with Crippen molar-refractivity contribution in [2.45, 2.75) is 25.4 Å². The first kappa shape index (κ1) is 29.1. The predicted octanol–water partition coefficient (Wildman–Crippen LogP) is 4.09. The number of hydrazone groups is 1. The van der Waals surface area contributed by atoms with Gasteiger partial charge in [-0.15, -0.1) is 0 Å². The van der Waals surface area contributed by atoms with Crippen molar-refractivity contribution in [3.8, 4) is 11.8 Å². The number of aromatic nitrogens is 1. The van der Waals surface area contributed by atoms with Gasteiger partial charge >= 0.3 is 5.92 Å². The number of allylic oxidation sites excluding steroid dienone is 4. The van der Waals surface area contributed by atoms with Gasteiger partial charge in [-0.25, -0.2) is 14.6 Å². The smallest absolute Gasteiger partial charge is 0.323 e. The van der Waals surface area contributed by atoms with Gasteiger partial charge in [0.25, 0.3) is 0 Å². The van der Waals surface area contributed by atoms with E-state index in [2.05, 4.69) is 35.1 Å². The van der Waals surface area contributed by atoms with Crippen LogP contribution in [0.1, 0.15) is 30.7 Å². The second-order valence-electron chi connectivity index (χ2n) is 6.74. The maximum absolute atomic E-state index is 15.6. The molecule has 0 saturated heterocycles. The molecule has 0 spiro atoms. The fourth-order valence-corrected chi connectivity index (χ4v) is 2.87. The molecule has 0 saturated carbocycles. The van der Waals surface area contributed by atoms with E-state index in [0.717, 1.165) is 24.7 Å². The molecule has 1 atom stereocenters. The number of halogens is 4. The van der Waals surface area contributed by atoms with Crippen molar-refractivity contribution in [2.24, 2.45) is 16.8 Å². The molecule has 6 nitrogen and oxygen atoms in total. The molecule has 2 rings (SSSR count). The zero-order valence-corrected chi connectivity index (χ0v) is 19.4. The maximum Gasteiger partial charge on any atom is 0.323 e. The van der Waals surface area contributed by atoms with E-state index in [1.807, 2.05) is 13.8 Å². The van der Waals surface area contributed by atoms with E-state index in [0.29, 0.717) is 28.3 Å². The first-order valence-electron chi connectivity index (χ1n) is 10.3. The van der Waals surface area contributed by atoms with Crippen LogP contribution < -0.4 is 11.7 Å². The van der Waals surface area contributed by atoms with Gasteiger partial charge in [0.2, 0.25) is 0 Å². The van der Waals surface area contributed by atoms with E-state index in [1.165, 1.54) is 18.2 Å². The molecule has 1 unspecified atom stereocenters. The van der Waals surface area contributed by atoms with Crippen LogP contribution in [0.2, 0.25) is 0 Å². The highest BCUT2D eigenvalue weighted by molar-refractivity contribution is 5.54. The number of nitrogens with zero attached hydrogens (tertiary/aromatic N) is 3. The van der Waals surface area contributed by atoms with Crippen molar-refractivity contribution < 1.29 is 22.7 Å². The van der Waals surface area contributed by atoms with Crippen LogP contribution in [0.4, 0.5) is 17.6 Å². The summed E-state index contributed by atoms with van der Waals surface area (Å²) in [7, 11) is 0. The number of hydrogen-bond acceptors (Lipinski definition) is 5. The molecular formula is C25H27F4N5O. The molecule has 1 aromatic carbocycles. The topological polar surface area (TPSA) is 101 Å². The van der Waals surface area contributed by atoms with Gasteiger partial charge in [0, 0.05) is 29.0 Å². The van der Waals surface area contributed by atoms with Crippen LogP contribution in [-0.2, 0) is 11.5 Å². The normalized spacial score (nSPS) is 13.1. The van der Waals surface area contributed by atoms with Crippen LogP contribution in [0.3, 0.4) is 0 Å². The van der Waals surface area contributed by atoms with Crippen molar-refractivity contribution in [3.63, 3.8) is 0 Å². The molecule has 1 heterocycles. The Bertz CT molecular complexity index is 1140. The number of alkyl halides is 2. The molecule has 35 heavy (non-hydrogen) atoms. The highest BCUT2D eigenvalue weighted by Crippen LogP contribution is 2.45. The van der Waals surface area contributed by atoms with Crippen molar-refractivity contribution in [1.29, 1.82) is 0 Å². The van der Waals surface area contributed by atoms with E-state index in [1.54, 1.807) is 6.08 Å². The second-order valence-corrected chi connectivity index (χ2v) is 6.74. The minimum Gasteiger partial charge on any atom is -0.377 e. The van der Waals surface area contributed by atoms with Gasteiger partial charge in [-0.3, -0.25) is 9.99 Å². The molecular weight excluding hydrogens is 462 g/mol. The van der Waals surface area contributed by atoms with E-state index in [9.17, 15) is 13.9 Å². The molecule has 0 aliphatic heterocycles. The maximum atomic E-state index is 15.6. The number of aliphatic hydroxyl groups is 1. The summed E-state index contributed by atoms with van der Waals surface area (Å²) >= 11 is 0. The monoisotopic (exact) mass is 489 g/mol. The number of rotatable bonds is 8. The zero-order chi connectivity index (χ0) is 26.6. The number of nitrogens with two attached hydrogens (primary N) is 2. The summed E-state index contributed by atoms with van der Waals surface area (Å²) in [5.41, 5.74) is -4.23. The minimum atomic E-state index is -4.19. The Hall–Kier alpha value is -3.94. The van der Waals surface area contributed by atoms with Crippen LogP contribution in [0.15, 0.2) is 78.6 Å². The van der Waals surface area contributed by atoms with Crippen molar-refractivity contribution in [2.75, 3.05) is 6.54 Å². The Morgan fingerprint density at radius 2 is 1.91 bits per heavy atom. The Labute approximate surface area is 201 Å². The molecule has 186 valence electrons. The fourth-order valence-electron chi connectivity index (χ4n) is 2.87. The fraction of sp³-hybridized carbons (Fsp3) is 0.200. The van der Waals surface area contributed by atoms with Crippen molar-refractivity contribution in [1.82, 2.24) is 9.99 Å². The molecule has 1 aromatic heterocycles. The summed E-state index contributed by atoms with van der Waals surface area (Å²) in [5, 5.41) is 14.7. The molecule has 10 heteroatoms. The lowest BCUT2D eigenvalue weighted by Gasteiger charge is -2.37. The third kappa shape index (κ3) is 7.02. The highest BCUT2D eigenvalue weighted by atomic mass is 19.3. The van der Waals surface area contributed by atoms with Gasteiger partial charge in [-0.1, -0.05) is 51.0 Å².